The molecule has 0 N–H and O–H groups in total. The van der Waals surface area contributed by atoms with E-state index in [-0.39, 0.29) is 18.0 Å². The fourth-order valence-electron chi connectivity index (χ4n) is 1.42. The van der Waals surface area contributed by atoms with Crippen molar-refractivity contribution in [3.8, 4) is 0 Å². The number of esters is 1. The van der Waals surface area contributed by atoms with Gasteiger partial charge in [-0.05, 0) is 6.92 Å². The number of nitrogens with zero attached hydrogens (tertiary/aromatic N) is 1. The molecule has 0 aromatic heterocycles. The third-order valence-corrected chi connectivity index (χ3v) is 2.16. The van der Waals surface area contributed by atoms with Gasteiger partial charge in [-0.2, -0.15) is 0 Å². The highest BCUT2D eigenvalue weighted by Gasteiger charge is 2.21. The van der Waals surface area contributed by atoms with E-state index < -0.39 is 5.97 Å². The van der Waals surface area contributed by atoms with Crippen molar-refractivity contribution in [1.82, 2.24) is 4.90 Å². The van der Waals surface area contributed by atoms with E-state index in [1.54, 1.807) is 50.2 Å². The van der Waals surface area contributed by atoms with Crippen LogP contribution in [0.3, 0.4) is 0 Å². The summed E-state index contributed by atoms with van der Waals surface area (Å²) >= 11 is 0. The molecule has 0 saturated carbocycles. The molecule has 1 aromatic rings. The Morgan fingerprint density at radius 3 is 2.33 bits per heavy atom. The van der Waals surface area contributed by atoms with E-state index in [1.807, 2.05) is 6.07 Å². The van der Waals surface area contributed by atoms with Gasteiger partial charge in [-0.25, -0.2) is 4.79 Å². The summed E-state index contributed by atoms with van der Waals surface area (Å²) in [4.78, 5) is 25.6. The number of carbonyl (C=O) groups is 2. The molecule has 0 atom stereocenters. The lowest BCUT2D eigenvalue weighted by atomic mass is 10.0. The average Bonchev–Trinajstić information content (AvgIpc) is 2.36. The number of ether oxygens (including phenoxy) is 1. The molecule has 4 heteroatoms. The Bertz CT molecular complexity index is 449. The number of ketones is 1. The molecule has 0 aliphatic heterocycles. The van der Waals surface area contributed by atoms with E-state index in [4.69, 9.17) is 4.74 Å². The maximum Gasteiger partial charge on any atom is 0.343 e. The first kappa shape index (κ1) is 14.0. The van der Waals surface area contributed by atoms with Crippen LogP contribution >= 0.6 is 0 Å². The minimum atomic E-state index is -0.597. The van der Waals surface area contributed by atoms with E-state index in [2.05, 4.69) is 0 Å². The quantitative estimate of drug-likeness (QED) is 0.262. The minimum absolute atomic E-state index is 0.0352. The third kappa shape index (κ3) is 3.73. The SMILES string of the molecule is CCOC(=O)/C(=C\N(C)C)C(=O)c1ccccc1. The number of rotatable bonds is 5. The van der Waals surface area contributed by atoms with Gasteiger partial charge in [-0.3, -0.25) is 4.79 Å². The summed E-state index contributed by atoms with van der Waals surface area (Å²) < 4.78 is 4.89. The van der Waals surface area contributed by atoms with Crippen LogP contribution in [0.4, 0.5) is 0 Å². The molecule has 1 rings (SSSR count). The van der Waals surface area contributed by atoms with Crippen LogP contribution in [-0.2, 0) is 9.53 Å². The van der Waals surface area contributed by atoms with Crippen LogP contribution in [0.25, 0.3) is 0 Å². The van der Waals surface area contributed by atoms with Gasteiger partial charge in [-0.1, -0.05) is 30.3 Å². The first-order valence-electron chi connectivity index (χ1n) is 5.71. The average molecular weight is 247 g/mol. The summed E-state index contributed by atoms with van der Waals surface area (Å²) in [6, 6.07) is 8.67. The number of hydrogen-bond acceptors (Lipinski definition) is 4. The molecule has 0 aliphatic carbocycles. The summed E-state index contributed by atoms with van der Waals surface area (Å²) in [7, 11) is 3.50. The first-order chi connectivity index (χ1) is 8.56. The number of benzene rings is 1. The molecule has 0 heterocycles. The molecule has 0 aliphatic rings. The normalized spacial score (nSPS) is 10.9. The predicted molar refractivity (Wildman–Crippen MR) is 69.2 cm³/mol. The lowest BCUT2D eigenvalue weighted by Crippen LogP contribution is -2.19. The van der Waals surface area contributed by atoms with Crippen molar-refractivity contribution in [3.63, 3.8) is 0 Å². The van der Waals surface area contributed by atoms with Crippen LogP contribution in [0, 0.1) is 0 Å². The predicted octanol–water partition coefficient (Wildman–Crippen LogP) is 1.88. The van der Waals surface area contributed by atoms with Crippen LogP contribution in [0.5, 0.6) is 0 Å². The van der Waals surface area contributed by atoms with Gasteiger partial charge in [0.15, 0.2) is 0 Å². The molecular formula is C14H17NO3. The molecule has 0 amide bonds. The van der Waals surface area contributed by atoms with Crippen LogP contribution in [0.2, 0.25) is 0 Å². The summed E-state index contributed by atoms with van der Waals surface area (Å²) in [5, 5.41) is 0. The molecular weight excluding hydrogens is 230 g/mol. The molecule has 0 fully saturated rings. The van der Waals surface area contributed by atoms with Gasteiger partial charge in [-0.15, -0.1) is 0 Å². The Kier molecular flexibility index (Phi) is 5.11. The zero-order valence-electron chi connectivity index (χ0n) is 10.8. The molecule has 1 aromatic carbocycles. The molecule has 96 valence electrons. The fraction of sp³-hybridized carbons (Fsp3) is 0.286. The summed E-state index contributed by atoms with van der Waals surface area (Å²) in [6.45, 7) is 1.95. The Morgan fingerprint density at radius 2 is 1.83 bits per heavy atom. The van der Waals surface area contributed by atoms with Crippen molar-refractivity contribution in [3.05, 3.63) is 47.7 Å². The lowest BCUT2D eigenvalue weighted by Gasteiger charge is -2.10. The molecule has 18 heavy (non-hydrogen) atoms. The zero-order valence-corrected chi connectivity index (χ0v) is 10.8. The van der Waals surface area contributed by atoms with E-state index in [0.717, 1.165) is 0 Å². The van der Waals surface area contributed by atoms with Crippen molar-refractivity contribution in [2.75, 3.05) is 20.7 Å². The monoisotopic (exact) mass is 247 g/mol. The smallest absolute Gasteiger partial charge is 0.343 e. The zero-order chi connectivity index (χ0) is 13.5. The second kappa shape index (κ2) is 6.59. The first-order valence-corrected chi connectivity index (χ1v) is 5.71. The second-order valence-electron chi connectivity index (χ2n) is 3.92. The van der Waals surface area contributed by atoms with Gasteiger partial charge in [0.1, 0.15) is 5.57 Å². The van der Waals surface area contributed by atoms with Gasteiger partial charge in [0.05, 0.1) is 6.61 Å². The third-order valence-electron chi connectivity index (χ3n) is 2.16. The fourth-order valence-corrected chi connectivity index (χ4v) is 1.42. The summed E-state index contributed by atoms with van der Waals surface area (Å²) in [5.41, 5.74) is 0.506. The summed E-state index contributed by atoms with van der Waals surface area (Å²) in [5.74, 6) is -0.928. The number of carbonyl (C=O) groups excluding carboxylic acids is 2. The Morgan fingerprint density at radius 1 is 1.22 bits per heavy atom. The van der Waals surface area contributed by atoms with Crippen LogP contribution in [0.15, 0.2) is 42.1 Å². The largest absolute Gasteiger partial charge is 0.462 e. The van der Waals surface area contributed by atoms with Crippen molar-refractivity contribution in [2.24, 2.45) is 0 Å². The van der Waals surface area contributed by atoms with E-state index >= 15 is 0 Å². The topological polar surface area (TPSA) is 46.6 Å². The van der Waals surface area contributed by atoms with Crippen LogP contribution in [-0.4, -0.2) is 37.4 Å². The standard InChI is InChI=1S/C14H17NO3/c1-4-18-14(17)12(10-15(2)3)13(16)11-8-6-5-7-9-11/h5-10H,4H2,1-3H3/b12-10-. The minimum Gasteiger partial charge on any atom is -0.462 e. The molecule has 0 saturated heterocycles. The van der Waals surface area contributed by atoms with Crippen LogP contribution in [0.1, 0.15) is 17.3 Å². The maximum absolute atomic E-state index is 12.2. The molecule has 0 bridgehead atoms. The van der Waals surface area contributed by atoms with E-state index in [0.29, 0.717) is 5.56 Å². The lowest BCUT2D eigenvalue weighted by molar-refractivity contribution is -0.138. The molecule has 0 radical (unpaired) electrons. The number of hydrogen-bond donors (Lipinski definition) is 0. The van der Waals surface area contributed by atoms with Crippen LogP contribution < -0.4 is 0 Å². The highest BCUT2D eigenvalue weighted by atomic mass is 16.5. The van der Waals surface area contributed by atoms with E-state index in [9.17, 15) is 9.59 Å². The van der Waals surface area contributed by atoms with Gasteiger partial charge in [0, 0.05) is 25.9 Å². The Hall–Kier alpha value is -2.10. The molecule has 4 nitrogen and oxygen atoms in total. The van der Waals surface area contributed by atoms with Crippen molar-refractivity contribution in [2.45, 2.75) is 6.92 Å². The Balaban J connectivity index is 3.05. The van der Waals surface area contributed by atoms with Gasteiger partial charge < -0.3 is 9.64 Å². The van der Waals surface area contributed by atoms with Gasteiger partial charge >= 0.3 is 5.97 Å². The van der Waals surface area contributed by atoms with Crippen molar-refractivity contribution >= 4 is 11.8 Å². The highest BCUT2D eigenvalue weighted by Crippen LogP contribution is 2.10. The Labute approximate surface area is 107 Å². The molecule has 0 unspecified atom stereocenters. The van der Waals surface area contributed by atoms with Crippen molar-refractivity contribution in [1.29, 1.82) is 0 Å². The van der Waals surface area contributed by atoms with Gasteiger partial charge in [0.25, 0.3) is 0 Å². The summed E-state index contributed by atoms with van der Waals surface area (Å²) in [6.07, 6.45) is 1.48. The van der Waals surface area contributed by atoms with Gasteiger partial charge in [0.2, 0.25) is 5.78 Å². The maximum atomic E-state index is 12.2. The second-order valence-corrected chi connectivity index (χ2v) is 3.92. The highest BCUT2D eigenvalue weighted by molar-refractivity contribution is 6.24. The van der Waals surface area contributed by atoms with E-state index in [1.165, 1.54) is 6.20 Å². The number of Topliss-reactive ketones (excluding diaryl/α,β-unsaturated/α-hetero) is 1. The van der Waals surface area contributed by atoms with Crippen molar-refractivity contribution < 1.29 is 14.3 Å². The molecule has 0 spiro atoms.